The Hall–Kier alpha value is -0.110. The number of rotatable bonds is 3. The summed E-state index contributed by atoms with van der Waals surface area (Å²) in [6, 6.07) is 0. The first-order valence-electron chi connectivity index (χ1n) is 5.45. The predicted octanol–water partition coefficient (Wildman–Crippen LogP) is 3.85. The maximum Gasteiger partial charge on any atom is 0.0934 e. The molecule has 1 rings (SSSR count). The molecule has 1 heterocycles. The Morgan fingerprint density at radius 2 is 2.21 bits per heavy atom. The fourth-order valence-electron chi connectivity index (χ4n) is 1.67. The van der Waals surface area contributed by atoms with Gasteiger partial charge in [-0.25, -0.2) is 0 Å². The van der Waals surface area contributed by atoms with Crippen molar-refractivity contribution in [3.63, 3.8) is 0 Å². The SMILES string of the molecule is CC(C)=COCC1(C)CCCCSC1. The number of allylic oxidation sites excluding steroid dienone is 1. The van der Waals surface area contributed by atoms with Gasteiger partial charge in [-0.2, -0.15) is 11.8 Å². The van der Waals surface area contributed by atoms with Crippen molar-refractivity contribution in [2.24, 2.45) is 5.41 Å². The molecule has 1 unspecified atom stereocenters. The minimum absolute atomic E-state index is 0.396. The summed E-state index contributed by atoms with van der Waals surface area (Å²) in [5, 5.41) is 0. The van der Waals surface area contributed by atoms with Gasteiger partial charge in [0.05, 0.1) is 12.9 Å². The molecule has 0 aliphatic carbocycles. The highest BCUT2D eigenvalue weighted by atomic mass is 32.2. The lowest BCUT2D eigenvalue weighted by molar-refractivity contribution is 0.131. The second kappa shape index (κ2) is 5.69. The van der Waals surface area contributed by atoms with Gasteiger partial charge in [-0.3, -0.25) is 0 Å². The Balaban J connectivity index is 2.35. The topological polar surface area (TPSA) is 9.23 Å². The van der Waals surface area contributed by atoms with Crippen molar-refractivity contribution < 1.29 is 4.74 Å². The van der Waals surface area contributed by atoms with Crippen LogP contribution in [0, 0.1) is 5.41 Å². The molecule has 0 aromatic carbocycles. The minimum Gasteiger partial charge on any atom is -0.501 e. The van der Waals surface area contributed by atoms with E-state index >= 15 is 0 Å². The number of ether oxygens (including phenoxy) is 1. The van der Waals surface area contributed by atoms with Crippen LogP contribution in [0.4, 0.5) is 0 Å². The van der Waals surface area contributed by atoms with E-state index in [1.807, 2.05) is 6.26 Å². The summed E-state index contributed by atoms with van der Waals surface area (Å²) in [7, 11) is 0. The molecule has 2 heteroatoms. The van der Waals surface area contributed by atoms with Gasteiger partial charge >= 0.3 is 0 Å². The van der Waals surface area contributed by atoms with Crippen LogP contribution in [-0.4, -0.2) is 18.1 Å². The van der Waals surface area contributed by atoms with Crippen LogP contribution in [0.2, 0.25) is 0 Å². The Labute approximate surface area is 92.3 Å². The first kappa shape index (κ1) is 12.0. The van der Waals surface area contributed by atoms with Crippen molar-refractivity contribution in [2.75, 3.05) is 18.1 Å². The fraction of sp³-hybridized carbons (Fsp3) is 0.833. The zero-order valence-electron chi connectivity index (χ0n) is 9.64. The smallest absolute Gasteiger partial charge is 0.0934 e. The second-order valence-corrected chi connectivity index (χ2v) is 5.93. The highest BCUT2D eigenvalue weighted by Crippen LogP contribution is 2.33. The summed E-state index contributed by atoms with van der Waals surface area (Å²) in [5.41, 5.74) is 1.64. The van der Waals surface area contributed by atoms with Crippen molar-refractivity contribution in [2.45, 2.75) is 40.0 Å². The van der Waals surface area contributed by atoms with Gasteiger partial charge in [0.2, 0.25) is 0 Å². The van der Waals surface area contributed by atoms with Crippen LogP contribution in [0.15, 0.2) is 11.8 Å². The zero-order chi connectivity index (χ0) is 10.4. The lowest BCUT2D eigenvalue weighted by atomic mass is 9.88. The van der Waals surface area contributed by atoms with E-state index in [1.54, 1.807) is 0 Å². The molecule has 0 amide bonds. The van der Waals surface area contributed by atoms with E-state index in [2.05, 4.69) is 32.5 Å². The summed E-state index contributed by atoms with van der Waals surface area (Å²) >= 11 is 2.08. The molecule has 0 aromatic heterocycles. The molecule has 0 bridgehead atoms. The van der Waals surface area contributed by atoms with Crippen molar-refractivity contribution in [3.8, 4) is 0 Å². The molecule has 0 N–H and O–H groups in total. The normalized spacial score (nSPS) is 27.9. The molecule has 1 nitrogen and oxygen atoms in total. The van der Waals surface area contributed by atoms with Gasteiger partial charge in [0.1, 0.15) is 0 Å². The van der Waals surface area contributed by atoms with Crippen LogP contribution < -0.4 is 0 Å². The molecular weight excluding hydrogens is 192 g/mol. The molecule has 82 valence electrons. The summed E-state index contributed by atoms with van der Waals surface area (Å²) in [6.07, 6.45) is 5.95. The Bertz CT molecular complexity index is 186. The molecule has 0 radical (unpaired) electrons. The first-order chi connectivity index (χ1) is 6.62. The van der Waals surface area contributed by atoms with Crippen molar-refractivity contribution >= 4 is 11.8 Å². The molecule has 1 saturated heterocycles. The van der Waals surface area contributed by atoms with Crippen LogP contribution in [-0.2, 0) is 4.74 Å². The molecular formula is C12H22OS. The van der Waals surface area contributed by atoms with Gasteiger partial charge in [0.25, 0.3) is 0 Å². The molecule has 1 aliphatic heterocycles. The van der Waals surface area contributed by atoms with E-state index in [1.165, 1.54) is 36.3 Å². The van der Waals surface area contributed by atoms with Crippen LogP contribution in [0.5, 0.6) is 0 Å². The summed E-state index contributed by atoms with van der Waals surface area (Å²) in [5.74, 6) is 2.59. The van der Waals surface area contributed by atoms with E-state index in [0.29, 0.717) is 5.41 Å². The maximum atomic E-state index is 5.62. The van der Waals surface area contributed by atoms with E-state index in [0.717, 1.165) is 6.61 Å². The summed E-state index contributed by atoms with van der Waals surface area (Å²) in [6.45, 7) is 7.38. The third-order valence-electron chi connectivity index (χ3n) is 2.52. The van der Waals surface area contributed by atoms with Gasteiger partial charge in [-0.1, -0.05) is 13.3 Å². The molecule has 1 atom stereocenters. The quantitative estimate of drug-likeness (QED) is 0.660. The zero-order valence-corrected chi connectivity index (χ0v) is 10.5. The van der Waals surface area contributed by atoms with Crippen LogP contribution in [0.25, 0.3) is 0 Å². The van der Waals surface area contributed by atoms with E-state index < -0.39 is 0 Å². The second-order valence-electron chi connectivity index (χ2n) is 4.83. The predicted molar refractivity (Wildman–Crippen MR) is 64.7 cm³/mol. The van der Waals surface area contributed by atoms with E-state index in [9.17, 15) is 0 Å². The fourth-order valence-corrected chi connectivity index (χ4v) is 2.94. The van der Waals surface area contributed by atoms with Gasteiger partial charge in [0, 0.05) is 11.2 Å². The summed E-state index contributed by atoms with van der Waals surface area (Å²) in [4.78, 5) is 0. The number of thioether (sulfide) groups is 1. The largest absolute Gasteiger partial charge is 0.501 e. The monoisotopic (exact) mass is 214 g/mol. The average Bonchev–Trinajstić information content (AvgIpc) is 2.30. The van der Waals surface area contributed by atoms with Crippen LogP contribution >= 0.6 is 11.8 Å². The van der Waals surface area contributed by atoms with Crippen molar-refractivity contribution in [3.05, 3.63) is 11.8 Å². The molecule has 14 heavy (non-hydrogen) atoms. The Morgan fingerprint density at radius 3 is 2.93 bits per heavy atom. The Kier molecular flexibility index (Phi) is 4.86. The van der Waals surface area contributed by atoms with Gasteiger partial charge < -0.3 is 4.74 Å². The molecule has 0 saturated carbocycles. The lowest BCUT2D eigenvalue weighted by Gasteiger charge is -2.26. The lowest BCUT2D eigenvalue weighted by Crippen LogP contribution is -2.24. The molecule has 0 spiro atoms. The van der Waals surface area contributed by atoms with E-state index in [4.69, 9.17) is 4.74 Å². The number of hydrogen-bond acceptors (Lipinski definition) is 2. The Morgan fingerprint density at radius 1 is 1.43 bits per heavy atom. The van der Waals surface area contributed by atoms with Crippen LogP contribution in [0.1, 0.15) is 40.0 Å². The third kappa shape index (κ3) is 4.41. The van der Waals surface area contributed by atoms with Crippen molar-refractivity contribution in [1.82, 2.24) is 0 Å². The highest BCUT2D eigenvalue weighted by molar-refractivity contribution is 7.99. The average molecular weight is 214 g/mol. The first-order valence-corrected chi connectivity index (χ1v) is 6.61. The minimum atomic E-state index is 0.396. The van der Waals surface area contributed by atoms with Crippen LogP contribution in [0.3, 0.4) is 0 Å². The molecule has 1 aliphatic rings. The van der Waals surface area contributed by atoms with Crippen molar-refractivity contribution in [1.29, 1.82) is 0 Å². The van der Waals surface area contributed by atoms with E-state index in [-0.39, 0.29) is 0 Å². The highest BCUT2D eigenvalue weighted by Gasteiger charge is 2.26. The standard InChI is InChI=1S/C12H22OS/c1-11(2)8-13-9-12(3)6-4-5-7-14-10-12/h8H,4-7,9-10H2,1-3H3. The third-order valence-corrected chi connectivity index (χ3v) is 4.00. The van der Waals surface area contributed by atoms with Gasteiger partial charge in [-0.15, -0.1) is 0 Å². The number of hydrogen-bond donors (Lipinski definition) is 0. The molecule has 0 aromatic rings. The molecule has 1 fully saturated rings. The van der Waals surface area contributed by atoms with Gasteiger partial charge in [-0.05, 0) is 38.0 Å². The summed E-state index contributed by atoms with van der Waals surface area (Å²) < 4.78 is 5.62. The maximum absolute atomic E-state index is 5.62. The van der Waals surface area contributed by atoms with Gasteiger partial charge in [0.15, 0.2) is 0 Å².